The summed E-state index contributed by atoms with van der Waals surface area (Å²) in [5, 5.41) is 9.85. The van der Waals surface area contributed by atoms with E-state index in [4.69, 9.17) is 9.47 Å². The fraction of sp³-hybridized carbons (Fsp3) is 0.500. The van der Waals surface area contributed by atoms with Crippen molar-refractivity contribution in [1.82, 2.24) is 24.9 Å². The van der Waals surface area contributed by atoms with Gasteiger partial charge in [0.2, 0.25) is 0 Å². The van der Waals surface area contributed by atoms with E-state index in [-0.39, 0.29) is 23.1 Å². The third kappa shape index (κ3) is 2.65. The van der Waals surface area contributed by atoms with Gasteiger partial charge in [-0.3, -0.25) is 9.78 Å². The van der Waals surface area contributed by atoms with Gasteiger partial charge >= 0.3 is 0 Å². The number of hydrogen-bond acceptors (Lipinski definition) is 6. The molecule has 4 fully saturated rings. The molecule has 2 bridgehead atoms. The number of fused-ring (bicyclic) bond motifs is 3. The maximum absolute atomic E-state index is 13.9. The lowest BCUT2D eigenvalue weighted by Gasteiger charge is -2.44. The maximum Gasteiger partial charge on any atom is 0.257 e. The molecule has 1 unspecified atom stereocenters. The molecule has 170 valence electrons. The van der Waals surface area contributed by atoms with Crippen LogP contribution < -0.4 is 4.74 Å². The van der Waals surface area contributed by atoms with Gasteiger partial charge in [0.1, 0.15) is 17.5 Å². The second-order valence-electron chi connectivity index (χ2n) is 9.99. The molecule has 0 radical (unpaired) electrons. The lowest BCUT2D eigenvalue weighted by atomic mass is 9.66. The van der Waals surface area contributed by atoms with E-state index >= 15 is 0 Å². The maximum atomic E-state index is 13.9. The molecule has 9 heteroatoms. The van der Waals surface area contributed by atoms with E-state index in [2.05, 4.69) is 15.3 Å². The van der Waals surface area contributed by atoms with Crippen molar-refractivity contribution in [1.29, 1.82) is 0 Å². The van der Waals surface area contributed by atoms with E-state index in [0.29, 0.717) is 19.6 Å². The van der Waals surface area contributed by atoms with E-state index in [1.54, 1.807) is 4.90 Å². The zero-order valence-corrected chi connectivity index (χ0v) is 18.3. The molecule has 1 amide bonds. The summed E-state index contributed by atoms with van der Waals surface area (Å²) in [6.45, 7) is 3.78. The molecule has 3 aromatic rings. The van der Waals surface area contributed by atoms with Gasteiger partial charge in [0.15, 0.2) is 6.17 Å². The number of benzene rings is 1. The highest BCUT2D eigenvalue weighted by molar-refractivity contribution is 5.86. The van der Waals surface area contributed by atoms with Crippen molar-refractivity contribution in [3.05, 3.63) is 47.4 Å². The quantitative estimate of drug-likeness (QED) is 0.609. The number of amides is 1. The third-order valence-electron chi connectivity index (χ3n) is 7.96. The van der Waals surface area contributed by atoms with Crippen LogP contribution in [0.4, 0.5) is 4.39 Å². The molecule has 33 heavy (non-hydrogen) atoms. The molecule has 2 atom stereocenters. The SMILES string of the molecule is C[C@@H](Oc1ccc2ncc3c(c2c1)CCOC3)c1cn(C23CN4C(=O)C(F)CC4(C2)C3)nn1. The topological polar surface area (TPSA) is 82.4 Å². The average molecular weight is 449 g/mol. The summed E-state index contributed by atoms with van der Waals surface area (Å²) in [5.74, 6) is 0.388. The van der Waals surface area contributed by atoms with E-state index in [9.17, 15) is 9.18 Å². The Balaban J connectivity index is 1.12. The number of rotatable bonds is 4. The number of pyridine rings is 1. The first kappa shape index (κ1) is 19.4. The number of carbonyl (C=O) groups is 1. The summed E-state index contributed by atoms with van der Waals surface area (Å²) in [6, 6.07) is 5.96. The van der Waals surface area contributed by atoms with Crippen molar-refractivity contribution in [2.24, 2.45) is 0 Å². The van der Waals surface area contributed by atoms with E-state index < -0.39 is 6.17 Å². The van der Waals surface area contributed by atoms with Crippen LogP contribution in [0.3, 0.4) is 0 Å². The van der Waals surface area contributed by atoms with Gasteiger partial charge in [-0.15, -0.1) is 5.10 Å². The number of ether oxygens (including phenoxy) is 2. The third-order valence-corrected chi connectivity index (χ3v) is 7.96. The van der Waals surface area contributed by atoms with Crippen LogP contribution in [-0.4, -0.2) is 55.6 Å². The lowest BCUT2D eigenvalue weighted by molar-refractivity contribution is -0.132. The van der Waals surface area contributed by atoms with Crippen LogP contribution in [0.25, 0.3) is 10.9 Å². The Bertz CT molecular complexity index is 1300. The molecular weight excluding hydrogens is 425 g/mol. The van der Waals surface area contributed by atoms with Gasteiger partial charge in [-0.25, -0.2) is 9.07 Å². The second kappa shape index (κ2) is 6.50. The molecule has 8 rings (SSSR count). The van der Waals surface area contributed by atoms with Crippen LogP contribution in [0, 0.1) is 0 Å². The van der Waals surface area contributed by atoms with Gasteiger partial charge in [-0.2, -0.15) is 0 Å². The van der Waals surface area contributed by atoms with Gasteiger partial charge in [0, 0.05) is 24.5 Å². The van der Waals surface area contributed by atoms with E-state index in [1.807, 2.05) is 42.2 Å². The molecule has 0 N–H and O–H groups in total. The Hall–Kier alpha value is -3.07. The largest absolute Gasteiger partial charge is 0.484 e. The second-order valence-corrected chi connectivity index (χ2v) is 9.99. The van der Waals surface area contributed by atoms with Crippen LogP contribution in [0.1, 0.15) is 49.1 Å². The predicted octanol–water partition coefficient (Wildman–Crippen LogP) is 2.85. The highest BCUT2D eigenvalue weighted by atomic mass is 19.1. The molecule has 3 saturated heterocycles. The fourth-order valence-electron chi connectivity index (χ4n) is 6.40. The summed E-state index contributed by atoms with van der Waals surface area (Å²) in [6.07, 6.45) is 4.84. The number of nitrogens with zero attached hydrogens (tertiary/aromatic N) is 5. The Morgan fingerprint density at radius 2 is 2.18 bits per heavy atom. The highest BCUT2D eigenvalue weighted by Crippen LogP contribution is 2.62. The van der Waals surface area contributed by atoms with Crippen molar-refractivity contribution >= 4 is 16.8 Å². The van der Waals surface area contributed by atoms with Crippen molar-refractivity contribution in [2.75, 3.05) is 13.2 Å². The summed E-state index contributed by atoms with van der Waals surface area (Å²) in [5.41, 5.74) is 3.51. The van der Waals surface area contributed by atoms with Gasteiger partial charge < -0.3 is 14.4 Å². The Morgan fingerprint density at radius 1 is 1.30 bits per heavy atom. The minimum atomic E-state index is -1.35. The summed E-state index contributed by atoms with van der Waals surface area (Å²) in [4.78, 5) is 18.4. The van der Waals surface area contributed by atoms with Crippen molar-refractivity contribution in [2.45, 2.75) is 62.6 Å². The van der Waals surface area contributed by atoms with Crippen LogP contribution in [0.2, 0.25) is 0 Å². The van der Waals surface area contributed by atoms with Gasteiger partial charge in [0.05, 0.1) is 36.0 Å². The first-order valence-corrected chi connectivity index (χ1v) is 11.5. The first-order valence-electron chi connectivity index (χ1n) is 11.5. The Labute approximate surface area is 189 Å². The number of alkyl halides is 1. The predicted molar refractivity (Wildman–Crippen MR) is 115 cm³/mol. The van der Waals surface area contributed by atoms with Gasteiger partial charge in [0.25, 0.3) is 5.91 Å². The Morgan fingerprint density at radius 3 is 3.03 bits per heavy atom. The number of carbonyl (C=O) groups excluding carboxylic acids is 1. The molecule has 6 heterocycles. The van der Waals surface area contributed by atoms with Gasteiger partial charge in [-0.05, 0) is 55.5 Å². The molecule has 1 aliphatic carbocycles. The van der Waals surface area contributed by atoms with Crippen LogP contribution in [-0.2, 0) is 28.1 Å². The fourth-order valence-corrected chi connectivity index (χ4v) is 6.40. The van der Waals surface area contributed by atoms with Gasteiger partial charge in [-0.1, -0.05) is 5.21 Å². The normalized spacial score (nSPS) is 30.8. The highest BCUT2D eigenvalue weighted by Gasteiger charge is 2.72. The van der Waals surface area contributed by atoms with E-state index in [1.165, 1.54) is 5.56 Å². The number of hydrogen-bond donors (Lipinski definition) is 0. The Kier molecular flexibility index (Phi) is 3.82. The van der Waals surface area contributed by atoms with Crippen molar-refractivity contribution in [3.8, 4) is 5.75 Å². The number of aromatic nitrogens is 4. The summed E-state index contributed by atoms with van der Waals surface area (Å²) < 4.78 is 27.6. The van der Waals surface area contributed by atoms with Crippen LogP contribution in [0.15, 0.2) is 30.6 Å². The summed E-state index contributed by atoms with van der Waals surface area (Å²) in [7, 11) is 0. The zero-order valence-electron chi connectivity index (χ0n) is 18.3. The standard InChI is InChI=1S/C24H24FN5O3/c1-14(33-16-2-3-20-18(6-16)17-4-5-32-10-15(17)8-26-20)21-9-30(28-27-21)24-11-23(12-24)7-19(25)22(31)29(23)13-24/h2-3,6,8-9,14,19H,4-5,7,10-13H2,1H3/t14-,19?,23?,24?/m1/s1. The minimum Gasteiger partial charge on any atom is -0.484 e. The molecule has 5 aliphatic rings. The monoisotopic (exact) mass is 449 g/mol. The minimum absolute atomic E-state index is 0.267. The summed E-state index contributed by atoms with van der Waals surface area (Å²) >= 11 is 0. The van der Waals surface area contributed by atoms with Crippen LogP contribution in [0.5, 0.6) is 5.75 Å². The smallest absolute Gasteiger partial charge is 0.257 e. The van der Waals surface area contributed by atoms with Crippen molar-refractivity contribution in [3.63, 3.8) is 0 Å². The molecule has 8 nitrogen and oxygen atoms in total. The van der Waals surface area contributed by atoms with Crippen molar-refractivity contribution < 1.29 is 18.7 Å². The molecule has 4 aliphatic heterocycles. The average Bonchev–Trinajstić information content (AvgIpc) is 3.53. The van der Waals surface area contributed by atoms with E-state index in [0.717, 1.165) is 53.8 Å². The molecule has 2 aromatic heterocycles. The van der Waals surface area contributed by atoms with Crippen LogP contribution >= 0.6 is 0 Å². The lowest BCUT2D eigenvalue weighted by Crippen LogP contribution is -2.51. The zero-order chi connectivity index (χ0) is 22.4. The molecule has 1 aromatic carbocycles. The molecular formula is C24H24FN5O3. The molecule has 1 spiro atoms. The molecule has 1 saturated carbocycles. The number of halogens is 1. The first-order chi connectivity index (χ1) is 16.0.